The largest absolute Gasteiger partial charge is 0.485 e. The molecule has 39 heavy (non-hydrogen) atoms. The molecule has 0 aromatic heterocycles. The van der Waals surface area contributed by atoms with Crippen LogP contribution < -0.4 is 9.47 Å². The van der Waals surface area contributed by atoms with E-state index >= 15 is 0 Å². The van der Waals surface area contributed by atoms with Crippen LogP contribution in [0.5, 0.6) is 11.5 Å². The molecule has 2 aromatic rings. The highest BCUT2D eigenvalue weighted by Gasteiger charge is 2.74. The summed E-state index contributed by atoms with van der Waals surface area (Å²) in [7, 11) is 0. The van der Waals surface area contributed by atoms with Crippen molar-refractivity contribution in [3.05, 3.63) is 59.2 Å². The fourth-order valence-corrected chi connectivity index (χ4v) is 8.81. The maximum Gasteiger partial charge on any atom is 0.165 e. The third kappa shape index (κ3) is 3.67. The molecule has 3 aliphatic heterocycles. The summed E-state index contributed by atoms with van der Waals surface area (Å²) in [5.74, 6) is 2.86. The number of rotatable bonds is 9. The highest BCUT2D eigenvalue weighted by Crippen LogP contribution is 2.68. The van der Waals surface area contributed by atoms with Crippen molar-refractivity contribution in [2.75, 3.05) is 32.9 Å². The molecule has 2 saturated heterocycles. The van der Waals surface area contributed by atoms with Crippen LogP contribution in [0, 0.1) is 11.8 Å². The first kappa shape index (κ1) is 24.7. The average molecular weight is 532 g/mol. The number of hydrogen-bond acceptors (Lipinski definition) is 6. The van der Waals surface area contributed by atoms with Gasteiger partial charge >= 0.3 is 0 Å². The minimum Gasteiger partial charge on any atom is -0.485 e. The molecule has 2 bridgehead atoms. The van der Waals surface area contributed by atoms with Gasteiger partial charge in [-0.3, -0.25) is 4.90 Å². The summed E-state index contributed by atoms with van der Waals surface area (Å²) in [6, 6.07) is 15.3. The molecule has 6 aliphatic rings. The lowest BCUT2D eigenvalue weighted by Crippen LogP contribution is -2.77. The fraction of sp³-hybridized carbons (Fsp3) is 0.636. The van der Waals surface area contributed by atoms with Gasteiger partial charge in [-0.05, 0) is 74.6 Å². The summed E-state index contributed by atoms with van der Waals surface area (Å²) >= 11 is 0. The first-order valence-corrected chi connectivity index (χ1v) is 15.3. The van der Waals surface area contributed by atoms with Crippen molar-refractivity contribution >= 4 is 0 Å². The van der Waals surface area contributed by atoms with Crippen LogP contribution in [0.3, 0.4) is 0 Å². The third-order valence-corrected chi connectivity index (χ3v) is 10.6. The van der Waals surface area contributed by atoms with Crippen LogP contribution >= 0.6 is 0 Å². The molecule has 3 heterocycles. The molecular formula is C33H41NO5. The normalized spacial score (nSPS) is 35.1. The van der Waals surface area contributed by atoms with Crippen molar-refractivity contribution in [2.45, 2.75) is 87.9 Å². The molecule has 4 fully saturated rings. The predicted molar refractivity (Wildman–Crippen MR) is 147 cm³/mol. The zero-order chi connectivity index (χ0) is 26.0. The average Bonchev–Trinajstić information content (AvgIpc) is 3.47. The number of likely N-dealkylation sites (tertiary alicyclic amines) is 1. The smallest absolute Gasteiger partial charge is 0.165 e. The maximum absolute atomic E-state index is 7.21. The zero-order valence-electron chi connectivity index (χ0n) is 23.1. The van der Waals surface area contributed by atoms with Gasteiger partial charge in [0.15, 0.2) is 17.8 Å². The van der Waals surface area contributed by atoms with E-state index in [1.54, 1.807) is 0 Å². The Kier molecular flexibility index (Phi) is 5.99. The summed E-state index contributed by atoms with van der Waals surface area (Å²) in [5.41, 5.74) is 3.50. The van der Waals surface area contributed by atoms with E-state index in [1.807, 2.05) is 6.07 Å². The maximum atomic E-state index is 7.21. The SMILES string of the molecule is CCCOC12CCC(C3OCCO3)[C@@H]3Oc4c(OCc5ccccc5)ccc5c4[C@@]31CCN(CC1CC1)[C@@H]2C5. The zero-order valence-corrected chi connectivity index (χ0v) is 23.1. The highest BCUT2D eigenvalue weighted by molar-refractivity contribution is 5.63. The molecule has 2 aromatic carbocycles. The van der Waals surface area contributed by atoms with Crippen LogP contribution in [0.2, 0.25) is 0 Å². The first-order valence-electron chi connectivity index (χ1n) is 15.3. The molecule has 2 saturated carbocycles. The van der Waals surface area contributed by atoms with Gasteiger partial charge in [0.2, 0.25) is 0 Å². The number of hydrogen-bond donors (Lipinski definition) is 0. The Bertz CT molecular complexity index is 1210. The molecule has 2 unspecified atom stereocenters. The number of benzene rings is 2. The quantitative estimate of drug-likeness (QED) is 0.440. The van der Waals surface area contributed by atoms with Crippen LogP contribution in [0.25, 0.3) is 0 Å². The van der Waals surface area contributed by atoms with Crippen LogP contribution in [0.4, 0.5) is 0 Å². The van der Waals surface area contributed by atoms with Gasteiger partial charge in [0.05, 0.1) is 24.2 Å². The monoisotopic (exact) mass is 531 g/mol. The standard InChI is InChI=1S/C33H41NO5/c1-2-16-38-33-13-12-25(31-35-17-18-36-31)30-32(33)14-15-34(20-22-8-9-22)27(33)19-24-10-11-26(29(39-30)28(24)32)37-21-23-6-4-3-5-7-23/h3-7,10-11,22,25,27,30-31H,2,8-9,12-21H2,1H3/t25?,27-,30+,32+,33?/m1/s1. The van der Waals surface area contributed by atoms with Gasteiger partial charge in [0, 0.05) is 30.7 Å². The summed E-state index contributed by atoms with van der Waals surface area (Å²) in [4.78, 5) is 2.80. The predicted octanol–water partition coefficient (Wildman–Crippen LogP) is 5.25. The Morgan fingerprint density at radius 1 is 1.00 bits per heavy atom. The van der Waals surface area contributed by atoms with E-state index in [4.69, 9.17) is 23.7 Å². The molecule has 6 heteroatoms. The van der Waals surface area contributed by atoms with Crippen LogP contribution in [0.15, 0.2) is 42.5 Å². The highest BCUT2D eigenvalue weighted by atomic mass is 16.7. The minimum absolute atomic E-state index is 0.0349. The van der Waals surface area contributed by atoms with Crippen LogP contribution in [0.1, 0.15) is 62.1 Å². The molecular weight excluding hydrogens is 490 g/mol. The van der Waals surface area contributed by atoms with Gasteiger partial charge in [-0.2, -0.15) is 0 Å². The topological polar surface area (TPSA) is 49.4 Å². The molecule has 208 valence electrons. The van der Waals surface area contributed by atoms with E-state index in [9.17, 15) is 0 Å². The Labute approximate surface area is 231 Å². The van der Waals surface area contributed by atoms with E-state index in [-0.39, 0.29) is 29.3 Å². The Hall–Kier alpha value is -2.12. The molecule has 0 radical (unpaired) electrons. The molecule has 8 rings (SSSR count). The molecule has 0 N–H and O–H groups in total. The number of piperidine rings is 1. The van der Waals surface area contributed by atoms with Gasteiger partial charge in [0.1, 0.15) is 12.7 Å². The van der Waals surface area contributed by atoms with Crippen LogP contribution in [-0.4, -0.2) is 61.8 Å². The molecule has 5 atom stereocenters. The van der Waals surface area contributed by atoms with E-state index < -0.39 is 0 Å². The van der Waals surface area contributed by atoms with Crippen LogP contribution in [-0.2, 0) is 32.7 Å². The Morgan fingerprint density at radius 2 is 1.85 bits per heavy atom. The fourth-order valence-electron chi connectivity index (χ4n) is 8.81. The van der Waals surface area contributed by atoms with E-state index in [2.05, 4.69) is 48.2 Å². The van der Waals surface area contributed by atoms with Gasteiger partial charge in [-0.1, -0.05) is 43.3 Å². The van der Waals surface area contributed by atoms with Crippen molar-refractivity contribution < 1.29 is 23.7 Å². The van der Waals surface area contributed by atoms with Crippen molar-refractivity contribution in [2.24, 2.45) is 11.8 Å². The van der Waals surface area contributed by atoms with E-state index in [0.29, 0.717) is 25.9 Å². The first-order chi connectivity index (χ1) is 19.2. The lowest BCUT2D eigenvalue weighted by molar-refractivity contribution is -0.244. The van der Waals surface area contributed by atoms with E-state index in [1.165, 1.54) is 30.5 Å². The lowest BCUT2D eigenvalue weighted by atomic mass is 9.47. The third-order valence-electron chi connectivity index (χ3n) is 10.6. The summed E-state index contributed by atoms with van der Waals surface area (Å²) in [5, 5.41) is 0. The second-order valence-electron chi connectivity index (χ2n) is 12.7. The minimum atomic E-state index is -0.258. The molecule has 3 aliphatic carbocycles. The Morgan fingerprint density at radius 3 is 2.64 bits per heavy atom. The second kappa shape index (κ2) is 9.47. The molecule has 0 amide bonds. The summed E-state index contributed by atoms with van der Waals surface area (Å²) < 4.78 is 33.2. The lowest BCUT2D eigenvalue weighted by Gasteiger charge is -2.66. The van der Waals surface area contributed by atoms with Gasteiger partial charge in [0.25, 0.3) is 0 Å². The number of ether oxygens (including phenoxy) is 5. The molecule has 6 nitrogen and oxygen atoms in total. The summed E-state index contributed by atoms with van der Waals surface area (Å²) in [6.45, 7) is 7.20. The van der Waals surface area contributed by atoms with Gasteiger partial charge < -0.3 is 23.7 Å². The number of nitrogens with zero attached hydrogens (tertiary/aromatic N) is 1. The van der Waals surface area contributed by atoms with Crippen molar-refractivity contribution in [3.63, 3.8) is 0 Å². The van der Waals surface area contributed by atoms with Crippen molar-refractivity contribution in [3.8, 4) is 11.5 Å². The second-order valence-corrected chi connectivity index (χ2v) is 12.7. The summed E-state index contributed by atoms with van der Waals surface area (Å²) in [6.07, 6.45) is 7.65. The molecule has 1 spiro atoms. The van der Waals surface area contributed by atoms with E-state index in [0.717, 1.165) is 68.2 Å². The van der Waals surface area contributed by atoms with Gasteiger partial charge in [-0.25, -0.2) is 0 Å². The van der Waals surface area contributed by atoms with Crippen molar-refractivity contribution in [1.82, 2.24) is 4.90 Å². The van der Waals surface area contributed by atoms with Gasteiger partial charge in [-0.15, -0.1) is 0 Å². The Balaban J connectivity index is 1.25. The van der Waals surface area contributed by atoms with Crippen molar-refractivity contribution in [1.29, 1.82) is 0 Å².